The van der Waals surface area contributed by atoms with Crippen LogP contribution in [0.4, 0.5) is 0 Å². The van der Waals surface area contributed by atoms with Crippen molar-refractivity contribution in [2.75, 3.05) is 6.54 Å². The molecule has 4 nitrogen and oxygen atoms in total. The molecule has 0 fully saturated rings. The minimum atomic E-state index is -0.512. The summed E-state index contributed by atoms with van der Waals surface area (Å²) in [6, 6.07) is 6.77. The lowest BCUT2D eigenvalue weighted by molar-refractivity contribution is -0.138. The van der Waals surface area contributed by atoms with Crippen LogP contribution < -0.4 is 5.32 Å². The zero-order valence-electron chi connectivity index (χ0n) is 10.8. The number of phenols is 1. The number of carbonyl (C=O) groups excluding carboxylic acids is 2. The molecule has 18 heavy (non-hydrogen) atoms. The Morgan fingerprint density at radius 3 is 2.39 bits per heavy atom. The maximum absolute atomic E-state index is 11.4. The third kappa shape index (κ3) is 4.99. The van der Waals surface area contributed by atoms with Crippen molar-refractivity contribution in [1.82, 2.24) is 5.32 Å². The summed E-state index contributed by atoms with van der Waals surface area (Å²) in [5.41, 5.74) is 1.00. The van der Waals surface area contributed by atoms with Crippen molar-refractivity contribution in [3.63, 3.8) is 0 Å². The van der Waals surface area contributed by atoms with Gasteiger partial charge in [-0.1, -0.05) is 26.0 Å². The van der Waals surface area contributed by atoms with Gasteiger partial charge < -0.3 is 10.4 Å². The maximum Gasteiger partial charge on any atom is 0.287 e. The predicted molar refractivity (Wildman–Crippen MR) is 69.3 cm³/mol. The van der Waals surface area contributed by atoms with Gasteiger partial charge in [0, 0.05) is 13.0 Å². The topological polar surface area (TPSA) is 66.4 Å². The van der Waals surface area contributed by atoms with Crippen LogP contribution in [-0.4, -0.2) is 23.3 Å². The van der Waals surface area contributed by atoms with E-state index in [0.717, 1.165) is 5.56 Å². The Balaban J connectivity index is 2.31. The first-order valence-corrected chi connectivity index (χ1v) is 6.08. The Bertz CT molecular complexity index is 410. The fourth-order valence-corrected chi connectivity index (χ4v) is 1.55. The van der Waals surface area contributed by atoms with Gasteiger partial charge in [0.15, 0.2) is 0 Å². The fraction of sp³-hybridized carbons (Fsp3) is 0.429. The van der Waals surface area contributed by atoms with E-state index in [9.17, 15) is 9.59 Å². The van der Waals surface area contributed by atoms with Crippen molar-refractivity contribution in [2.24, 2.45) is 5.92 Å². The molecule has 0 saturated carbocycles. The monoisotopic (exact) mass is 249 g/mol. The summed E-state index contributed by atoms with van der Waals surface area (Å²) in [7, 11) is 0. The van der Waals surface area contributed by atoms with Gasteiger partial charge in [0.25, 0.3) is 5.91 Å². The van der Waals surface area contributed by atoms with E-state index in [2.05, 4.69) is 5.32 Å². The lowest BCUT2D eigenvalue weighted by Gasteiger charge is -2.06. The zero-order valence-corrected chi connectivity index (χ0v) is 10.8. The molecule has 0 spiro atoms. The number of benzene rings is 1. The van der Waals surface area contributed by atoms with Gasteiger partial charge in [0.1, 0.15) is 5.75 Å². The molecule has 1 aromatic carbocycles. The second-order valence-corrected chi connectivity index (χ2v) is 4.69. The molecule has 0 heterocycles. The summed E-state index contributed by atoms with van der Waals surface area (Å²) < 4.78 is 0. The molecule has 0 aliphatic carbocycles. The largest absolute Gasteiger partial charge is 0.508 e. The summed E-state index contributed by atoms with van der Waals surface area (Å²) in [4.78, 5) is 22.8. The number of aromatic hydroxyl groups is 1. The molecule has 0 unspecified atom stereocenters. The summed E-state index contributed by atoms with van der Waals surface area (Å²) in [6.07, 6.45) is 0.923. The number of nitrogens with one attached hydrogen (secondary N) is 1. The summed E-state index contributed by atoms with van der Waals surface area (Å²) in [5.74, 6) is -0.464. The van der Waals surface area contributed by atoms with E-state index in [1.54, 1.807) is 24.3 Å². The van der Waals surface area contributed by atoms with Crippen molar-refractivity contribution in [3.05, 3.63) is 29.8 Å². The summed E-state index contributed by atoms with van der Waals surface area (Å²) >= 11 is 0. The normalized spacial score (nSPS) is 10.4. The molecule has 1 amide bonds. The third-order valence-electron chi connectivity index (χ3n) is 2.48. The van der Waals surface area contributed by atoms with Crippen molar-refractivity contribution in [2.45, 2.75) is 26.7 Å². The van der Waals surface area contributed by atoms with Gasteiger partial charge in [0.05, 0.1) is 0 Å². The van der Waals surface area contributed by atoms with Crippen LogP contribution in [0, 0.1) is 5.92 Å². The second-order valence-electron chi connectivity index (χ2n) is 4.69. The molecule has 4 heteroatoms. The molecule has 0 radical (unpaired) electrons. The number of Topliss-reactive ketones (excluding diaryl/α,β-unsaturated/α-hetero) is 1. The van der Waals surface area contributed by atoms with E-state index < -0.39 is 5.91 Å². The highest BCUT2D eigenvalue weighted by molar-refractivity contribution is 6.36. The summed E-state index contributed by atoms with van der Waals surface area (Å²) in [6.45, 7) is 4.23. The van der Waals surface area contributed by atoms with E-state index >= 15 is 0 Å². The third-order valence-corrected chi connectivity index (χ3v) is 2.48. The number of carbonyl (C=O) groups is 2. The minimum Gasteiger partial charge on any atom is -0.508 e. The average molecular weight is 249 g/mol. The van der Waals surface area contributed by atoms with Crippen molar-refractivity contribution < 1.29 is 14.7 Å². The molecule has 0 bridgehead atoms. The molecule has 0 aliphatic heterocycles. The number of rotatable bonds is 6. The highest BCUT2D eigenvalue weighted by atomic mass is 16.3. The van der Waals surface area contributed by atoms with Gasteiger partial charge in [-0.05, 0) is 30.0 Å². The Morgan fingerprint density at radius 1 is 1.22 bits per heavy atom. The SMILES string of the molecule is CC(C)CC(=O)C(=O)NCCc1ccc(O)cc1. The summed E-state index contributed by atoms with van der Waals surface area (Å²) in [5, 5.41) is 11.7. The van der Waals surface area contributed by atoms with Crippen LogP contribution in [0.1, 0.15) is 25.8 Å². The molecular weight excluding hydrogens is 230 g/mol. The molecular formula is C14H19NO3. The molecule has 1 aromatic rings. The first-order valence-electron chi connectivity index (χ1n) is 6.08. The second kappa shape index (κ2) is 6.79. The molecule has 1 rings (SSSR count). The molecule has 0 atom stereocenters. The van der Waals surface area contributed by atoms with Gasteiger partial charge in [-0.25, -0.2) is 0 Å². The molecule has 2 N–H and O–H groups in total. The molecule has 98 valence electrons. The average Bonchev–Trinajstić information content (AvgIpc) is 2.30. The standard InChI is InChI=1S/C14H19NO3/c1-10(2)9-13(17)14(18)15-8-7-11-3-5-12(16)6-4-11/h3-6,10,16H,7-9H2,1-2H3,(H,15,18). The molecule has 0 saturated heterocycles. The van der Waals surface area contributed by atoms with Crippen LogP contribution in [-0.2, 0) is 16.0 Å². The number of hydrogen-bond donors (Lipinski definition) is 2. The lowest BCUT2D eigenvalue weighted by Crippen LogP contribution is -2.33. The van der Waals surface area contributed by atoms with Crippen molar-refractivity contribution >= 4 is 11.7 Å². The highest BCUT2D eigenvalue weighted by Crippen LogP contribution is 2.09. The Labute approximate surface area is 107 Å². The first-order chi connectivity index (χ1) is 8.49. The van der Waals surface area contributed by atoms with Gasteiger partial charge in [-0.2, -0.15) is 0 Å². The number of ketones is 1. The number of phenolic OH excluding ortho intramolecular Hbond substituents is 1. The van der Waals surface area contributed by atoms with Crippen LogP contribution >= 0.6 is 0 Å². The van der Waals surface area contributed by atoms with Crippen LogP contribution in [0.3, 0.4) is 0 Å². The number of hydrogen-bond acceptors (Lipinski definition) is 3. The van der Waals surface area contributed by atoms with E-state index in [0.29, 0.717) is 13.0 Å². The van der Waals surface area contributed by atoms with Crippen LogP contribution in [0.25, 0.3) is 0 Å². The van der Waals surface area contributed by atoms with Crippen LogP contribution in [0.5, 0.6) is 5.75 Å². The Hall–Kier alpha value is -1.84. The van der Waals surface area contributed by atoms with E-state index in [1.807, 2.05) is 13.8 Å². The fourth-order valence-electron chi connectivity index (χ4n) is 1.55. The van der Waals surface area contributed by atoms with Crippen LogP contribution in [0.15, 0.2) is 24.3 Å². The Kier molecular flexibility index (Phi) is 5.36. The van der Waals surface area contributed by atoms with E-state index in [4.69, 9.17) is 5.11 Å². The van der Waals surface area contributed by atoms with Crippen LogP contribution in [0.2, 0.25) is 0 Å². The van der Waals surface area contributed by atoms with E-state index in [-0.39, 0.29) is 23.9 Å². The maximum atomic E-state index is 11.4. The van der Waals surface area contributed by atoms with Gasteiger partial charge in [-0.3, -0.25) is 9.59 Å². The van der Waals surface area contributed by atoms with Crippen molar-refractivity contribution in [3.8, 4) is 5.75 Å². The highest BCUT2D eigenvalue weighted by Gasteiger charge is 2.14. The first kappa shape index (κ1) is 14.2. The van der Waals surface area contributed by atoms with E-state index in [1.165, 1.54) is 0 Å². The minimum absolute atomic E-state index is 0.195. The van der Waals surface area contributed by atoms with Gasteiger partial charge in [-0.15, -0.1) is 0 Å². The quantitative estimate of drug-likeness (QED) is 0.754. The van der Waals surface area contributed by atoms with Gasteiger partial charge in [0.2, 0.25) is 5.78 Å². The predicted octanol–water partition coefficient (Wildman–Crippen LogP) is 1.67. The van der Waals surface area contributed by atoms with Crippen molar-refractivity contribution in [1.29, 1.82) is 0 Å². The lowest BCUT2D eigenvalue weighted by atomic mass is 10.1. The van der Waals surface area contributed by atoms with Gasteiger partial charge >= 0.3 is 0 Å². The molecule has 0 aromatic heterocycles. The Morgan fingerprint density at radius 2 is 1.83 bits per heavy atom. The molecule has 0 aliphatic rings. The zero-order chi connectivity index (χ0) is 13.5. The smallest absolute Gasteiger partial charge is 0.287 e. The number of amides is 1.